The molecule has 3 rings (SSSR count). The second kappa shape index (κ2) is 6.72. The van der Waals surface area contributed by atoms with Gasteiger partial charge in [0.25, 0.3) is 0 Å². The van der Waals surface area contributed by atoms with E-state index in [1.54, 1.807) is 6.07 Å². The maximum atomic E-state index is 13.0. The van der Waals surface area contributed by atoms with Crippen molar-refractivity contribution in [1.29, 1.82) is 0 Å². The number of rotatable bonds is 4. The van der Waals surface area contributed by atoms with Crippen molar-refractivity contribution >= 4 is 32.2 Å². The van der Waals surface area contributed by atoms with Crippen LogP contribution in [-0.4, -0.2) is 24.1 Å². The molecule has 0 aliphatic rings. The number of hydrogen-bond donors (Lipinski definition) is 1. The average Bonchev–Trinajstić information content (AvgIpc) is 2.61. The lowest BCUT2D eigenvalue weighted by Crippen LogP contribution is -2.13. The van der Waals surface area contributed by atoms with Gasteiger partial charge in [0.2, 0.25) is 15.7 Å². The Kier molecular flexibility index (Phi) is 4.72. The molecule has 3 aromatic rings. The Bertz CT molecular complexity index is 1080. The van der Waals surface area contributed by atoms with E-state index in [4.69, 9.17) is 0 Å². The lowest BCUT2D eigenvalue weighted by molar-refractivity contribution is -0.144. The minimum Gasteiger partial charge on any atom is -0.340 e. The van der Waals surface area contributed by atoms with Crippen LogP contribution in [0.4, 0.5) is 33.5 Å². The number of aromatic nitrogens is 2. The number of anilines is 2. The van der Waals surface area contributed by atoms with Crippen molar-refractivity contribution in [3.8, 4) is 0 Å². The maximum absolute atomic E-state index is 13.0. The molecule has 0 atom stereocenters. The van der Waals surface area contributed by atoms with E-state index in [0.29, 0.717) is 5.39 Å². The first kappa shape index (κ1) is 19.0. The fraction of sp³-hybridized carbons (Fsp3) is 0.125. The number of nitrogens with one attached hydrogen (secondary N) is 1. The number of halogens is 5. The van der Waals surface area contributed by atoms with Gasteiger partial charge in [0.1, 0.15) is 5.82 Å². The van der Waals surface area contributed by atoms with Gasteiger partial charge in [-0.3, -0.25) is 0 Å². The van der Waals surface area contributed by atoms with Crippen LogP contribution in [0.5, 0.6) is 0 Å². The van der Waals surface area contributed by atoms with Crippen molar-refractivity contribution in [2.45, 2.75) is 16.8 Å². The molecular formula is C16H10F5N3O2S. The first-order valence-corrected chi connectivity index (χ1v) is 8.87. The monoisotopic (exact) mass is 403 g/mol. The summed E-state index contributed by atoms with van der Waals surface area (Å²) in [5.74, 6) is -5.07. The number of fused-ring (bicyclic) bond motifs is 1. The lowest BCUT2D eigenvalue weighted by Gasteiger charge is -2.12. The average molecular weight is 403 g/mol. The summed E-state index contributed by atoms with van der Waals surface area (Å²) in [4.78, 5) is 6.35. The van der Waals surface area contributed by atoms with E-state index in [0.717, 1.165) is 24.3 Å². The van der Waals surface area contributed by atoms with E-state index in [1.165, 1.54) is 18.2 Å². The molecule has 0 unspecified atom stereocenters. The molecule has 0 bridgehead atoms. The van der Waals surface area contributed by atoms with E-state index in [1.807, 2.05) is 0 Å². The predicted molar refractivity (Wildman–Crippen MR) is 87.5 cm³/mol. The Morgan fingerprint density at radius 3 is 2.15 bits per heavy atom. The minimum absolute atomic E-state index is 0.0548. The minimum atomic E-state index is -4.77. The first-order valence-electron chi connectivity index (χ1n) is 7.32. The molecule has 11 heteroatoms. The fourth-order valence-corrected chi connectivity index (χ4v) is 2.99. The molecular weight excluding hydrogens is 393 g/mol. The van der Waals surface area contributed by atoms with Gasteiger partial charge in [-0.2, -0.15) is 22.0 Å². The molecule has 1 N–H and O–H groups in total. The summed E-state index contributed by atoms with van der Waals surface area (Å²) in [5, 5.41) is 2.93. The number of sulfone groups is 1. The fourth-order valence-electron chi connectivity index (χ4n) is 2.27. The van der Waals surface area contributed by atoms with Crippen LogP contribution in [0.2, 0.25) is 0 Å². The Hall–Kier alpha value is -2.82. The third-order valence-electron chi connectivity index (χ3n) is 3.54. The van der Waals surface area contributed by atoms with Gasteiger partial charge in [0, 0.05) is 11.1 Å². The van der Waals surface area contributed by atoms with Gasteiger partial charge in [-0.1, -0.05) is 12.1 Å². The highest BCUT2D eigenvalue weighted by molar-refractivity contribution is 7.91. The van der Waals surface area contributed by atoms with Crippen molar-refractivity contribution in [3.05, 3.63) is 54.4 Å². The Balaban J connectivity index is 2.02. The van der Waals surface area contributed by atoms with Gasteiger partial charge < -0.3 is 5.32 Å². The Morgan fingerprint density at radius 2 is 1.56 bits per heavy atom. The molecule has 0 spiro atoms. The Labute approximate surface area is 149 Å². The summed E-state index contributed by atoms with van der Waals surface area (Å²) in [6, 6.07) is 10.2. The van der Waals surface area contributed by atoms with Gasteiger partial charge in [0.05, 0.1) is 10.4 Å². The van der Waals surface area contributed by atoms with Crippen molar-refractivity contribution < 1.29 is 30.4 Å². The van der Waals surface area contributed by atoms with Gasteiger partial charge in [-0.25, -0.2) is 18.4 Å². The highest BCUT2D eigenvalue weighted by atomic mass is 32.2. The van der Waals surface area contributed by atoms with Crippen LogP contribution in [0.3, 0.4) is 0 Å². The van der Waals surface area contributed by atoms with Crippen LogP contribution in [0.15, 0.2) is 53.4 Å². The Morgan fingerprint density at radius 1 is 0.926 bits per heavy atom. The summed E-state index contributed by atoms with van der Waals surface area (Å²) in [6.45, 7) is 0. The summed E-state index contributed by atoms with van der Waals surface area (Å²) in [6.07, 6.45) is -4.77. The lowest BCUT2D eigenvalue weighted by atomic mass is 10.2. The second-order valence-corrected chi connectivity index (χ2v) is 7.28. The highest BCUT2D eigenvalue weighted by Gasteiger charge is 2.35. The summed E-state index contributed by atoms with van der Waals surface area (Å²) in [7, 11) is -4.76. The van der Waals surface area contributed by atoms with E-state index >= 15 is 0 Å². The molecule has 0 amide bonds. The van der Waals surface area contributed by atoms with Gasteiger partial charge >= 0.3 is 11.9 Å². The molecule has 5 nitrogen and oxygen atoms in total. The van der Waals surface area contributed by atoms with Gasteiger partial charge in [-0.05, 0) is 36.4 Å². The van der Waals surface area contributed by atoms with Crippen LogP contribution in [-0.2, 0) is 16.0 Å². The van der Waals surface area contributed by atoms with E-state index in [9.17, 15) is 30.4 Å². The van der Waals surface area contributed by atoms with Crippen molar-refractivity contribution in [1.82, 2.24) is 9.97 Å². The molecule has 0 aliphatic heterocycles. The molecule has 0 fully saturated rings. The van der Waals surface area contributed by atoms with Crippen LogP contribution in [0, 0.1) is 0 Å². The first-order chi connectivity index (χ1) is 12.6. The standard InChI is InChI=1S/C16H10F5N3O2S/c17-15(18)27(25,26)10-7-5-9(6-8-10)22-13-11-3-1-2-4-12(11)23-14(24-13)16(19,20)21/h1-8,15H,(H,22,23,24). The van der Waals surface area contributed by atoms with Gasteiger partial charge in [-0.15, -0.1) is 0 Å². The zero-order chi connectivity index (χ0) is 19.8. The molecule has 0 radical (unpaired) electrons. The molecule has 2 aromatic carbocycles. The second-order valence-electron chi connectivity index (χ2n) is 5.37. The van der Waals surface area contributed by atoms with Crippen LogP contribution in [0.1, 0.15) is 5.82 Å². The van der Waals surface area contributed by atoms with E-state index in [-0.39, 0.29) is 17.0 Å². The molecule has 27 heavy (non-hydrogen) atoms. The number of alkyl halides is 5. The third-order valence-corrected chi connectivity index (χ3v) is 4.94. The smallest absolute Gasteiger partial charge is 0.340 e. The summed E-state index contributed by atoms with van der Waals surface area (Å²) >= 11 is 0. The quantitative estimate of drug-likeness (QED) is 0.655. The maximum Gasteiger partial charge on any atom is 0.451 e. The van der Waals surface area contributed by atoms with Crippen molar-refractivity contribution in [2.75, 3.05) is 5.32 Å². The SMILES string of the molecule is O=S(=O)(c1ccc(Nc2nc(C(F)(F)F)nc3ccccc23)cc1)C(F)F. The van der Waals surface area contributed by atoms with Gasteiger partial charge in [0.15, 0.2) is 0 Å². The molecule has 1 heterocycles. The third kappa shape index (κ3) is 3.82. The van der Waals surface area contributed by atoms with Crippen LogP contribution < -0.4 is 5.32 Å². The zero-order valence-corrected chi connectivity index (χ0v) is 14.0. The van der Waals surface area contributed by atoms with E-state index < -0.39 is 32.5 Å². The number of benzene rings is 2. The summed E-state index contributed by atoms with van der Waals surface area (Å²) in [5.41, 5.74) is 0.222. The van der Waals surface area contributed by atoms with Crippen LogP contribution in [0.25, 0.3) is 10.9 Å². The van der Waals surface area contributed by atoms with E-state index in [2.05, 4.69) is 15.3 Å². The van der Waals surface area contributed by atoms with Crippen molar-refractivity contribution in [2.24, 2.45) is 0 Å². The number of nitrogens with zero attached hydrogens (tertiary/aromatic N) is 2. The topological polar surface area (TPSA) is 72.0 Å². The number of hydrogen-bond acceptors (Lipinski definition) is 5. The predicted octanol–water partition coefficient (Wildman–Crippen LogP) is 4.39. The molecule has 0 saturated carbocycles. The zero-order valence-electron chi connectivity index (χ0n) is 13.2. The molecule has 1 aromatic heterocycles. The number of para-hydroxylation sites is 1. The highest BCUT2D eigenvalue weighted by Crippen LogP contribution is 2.31. The molecule has 0 aliphatic carbocycles. The largest absolute Gasteiger partial charge is 0.451 e. The molecule has 142 valence electrons. The normalized spacial score (nSPS) is 12.5. The summed E-state index contributed by atoms with van der Waals surface area (Å²) < 4.78 is 86.9. The molecule has 0 saturated heterocycles. The van der Waals surface area contributed by atoms with Crippen LogP contribution >= 0.6 is 0 Å². The van der Waals surface area contributed by atoms with Crippen molar-refractivity contribution in [3.63, 3.8) is 0 Å².